The van der Waals surface area contributed by atoms with Crippen LogP contribution in [-0.4, -0.2) is 28.8 Å². The highest BCUT2D eigenvalue weighted by atomic mass is 16.1. The monoisotopic (exact) mass is 375 g/mol. The molecule has 1 aliphatic heterocycles. The van der Waals surface area contributed by atoms with E-state index in [-0.39, 0.29) is 5.91 Å². The lowest BCUT2D eigenvalue weighted by atomic mass is 10.1. The number of nitrogens with zero attached hydrogens (tertiary/aromatic N) is 2. The second kappa shape index (κ2) is 8.85. The highest BCUT2D eigenvalue weighted by molar-refractivity contribution is 5.93. The molecule has 144 valence electrons. The van der Waals surface area contributed by atoms with E-state index >= 15 is 0 Å². The van der Waals surface area contributed by atoms with Gasteiger partial charge in [-0.15, -0.1) is 0 Å². The Morgan fingerprint density at radius 2 is 1.71 bits per heavy atom. The molecule has 0 bridgehead atoms. The van der Waals surface area contributed by atoms with Crippen molar-refractivity contribution in [1.82, 2.24) is 15.1 Å². The molecule has 1 saturated heterocycles. The lowest BCUT2D eigenvalue weighted by Crippen LogP contribution is -3.08. The summed E-state index contributed by atoms with van der Waals surface area (Å²) in [6.45, 7) is 4.76. The van der Waals surface area contributed by atoms with Gasteiger partial charge in [-0.2, -0.15) is 5.10 Å². The van der Waals surface area contributed by atoms with Crippen LogP contribution in [0.2, 0.25) is 0 Å². The van der Waals surface area contributed by atoms with Crippen LogP contribution in [0.1, 0.15) is 39.9 Å². The molecule has 0 aliphatic carbocycles. The van der Waals surface area contributed by atoms with Crippen LogP contribution in [0.25, 0.3) is 0 Å². The average molecular weight is 375 g/mol. The Bertz CT molecular complexity index is 913. The van der Waals surface area contributed by atoms with Crippen molar-refractivity contribution in [2.45, 2.75) is 32.5 Å². The molecule has 0 radical (unpaired) electrons. The Balaban J connectivity index is 1.36. The Morgan fingerprint density at radius 1 is 1.00 bits per heavy atom. The molecular weight excluding hydrogens is 348 g/mol. The molecule has 2 N–H and O–H groups in total. The highest BCUT2D eigenvalue weighted by Gasteiger charge is 2.17. The minimum absolute atomic E-state index is 0.0809. The lowest BCUT2D eigenvalue weighted by Gasteiger charge is -2.15. The number of nitrogens with one attached hydrogen (secondary N) is 2. The van der Waals surface area contributed by atoms with Crippen molar-refractivity contribution in [3.63, 3.8) is 0 Å². The third-order valence-electron chi connectivity index (χ3n) is 5.39. The van der Waals surface area contributed by atoms with E-state index in [4.69, 9.17) is 0 Å². The largest absolute Gasteiger partial charge is 0.348 e. The molecule has 5 nitrogen and oxygen atoms in total. The first-order valence-electron chi connectivity index (χ1n) is 10.0. The number of aromatic nitrogens is 2. The third kappa shape index (κ3) is 4.67. The molecule has 1 amide bonds. The zero-order chi connectivity index (χ0) is 19.2. The predicted octanol–water partition coefficient (Wildman–Crippen LogP) is 2.04. The third-order valence-corrected chi connectivity index (χ3v) is 5.39. The van der Waals surface area contributed by atoms with Crippen molar-refractivity contribution in [3.8, 4) is 0 Å². The van der Waals surface area contributed by atoms with Crippen LogP contribution in [0.4, 0.5) is 0 Å². The van der Waals surface area contributed by atoms with Crippen LogP contribution in [0.3, 0.4) is 0 Å². The zero-order valence-corrected chi connectivity index (χ0v) is 16.1. The van der Waals surface area contributed by atoms with Crippen LogP contribution in [-0.2, 0) is 19.6 Å². The molecule has 1 fully saturated rings. The van der Waals surface area contributed by atoms with Crippen molar-refractivity contribution in [1.29, 1.82) is 0 Å². The van der Waals surface area contributed by atoms with E-state index in [9.17, 15) is 4.79 Å². The number of carbonyl (C=O) groups is 1. The molecular formula is C23H27N4O+. The number of hydrogen-bond acceptors (Lipinski definition) is 2. The summed E-state index contributed by atoms with van der Waals surface area (Å²) in [6.07, 6.45) is 6.09. The van der Waals surface area contributed by atoms with Crippen molar-refractivity contribution >= 4 is 5.91 Å². The van der Waals surface area contributed by atoms with Gasteiger partial charge in [0.15, 0.2) is 0 Å². The summed E-state index contributed by atoms with van der Waals surface area (Å²) in [5.74, 6) is -0.0809. The number of amides is 1. The van der Waals surface area contributed by atoms with Gasteiger partial charge >= 0.3 is 0 Å². The van der Waals surface area contributed by atoms with E-state index in [1.807, 2.05) is 30.5 Å². The van der Waals surface area contributed by atoms with Crippen LogP contribution >= 0.6 is 0 Å². The molecule has 5 heteroatoms. The molecule has 2 aromatic carbocycles. The molecule has 0 atom stereocenters. The van der Waals surface area contributed by atoms with Gasteiger partial charge in [-0.25, -0.2) is 0 Å². The fourth-order valence-electron chi connectivity index (χ4n) is 3.84. The van der Waals surface area contributed by atoms with Crippen LogP contribution in [0.5, 0.6) is 0 Å². The van der Waals surface area contributed by atoms with Gasteiger partial charge in [0.1, 0.15) is 6.54 Å². The van der Waals surface area contributed by atoms with Gasteiger partial charge < -0.3 is 10.2 Å². The SMILES string of the molecule is O=C(NCc1ccccc1C[NH+]1CCCC1)c1cnn(Cc2ccccc2)c1. The number of quaternary nitrogens is 1. The quantitative estimate of drug-likeness (QED) is 0.664. The Kier molecular flexibility index (Phi) is 5.83. The van der Waals surface area contributed by atoms with Crippen LogP contribution < -0.4 is 10.2 Å². The van der Waals surface area contributed by atoms with Gasteiger partial charge in [-0.1, -0.05) is 54.6 Å². The first-order valence-corrected chi connectivity index (χ1v) is 10.0. The number of hydrogen-bond donors (Lipinski definition) is 2. The van der Waals surface area contributed by atoms with E-state index < -0.39 is 0 Å². The van der Waals surface area contributed by atoms with E-state index in [2.05, 4.69) is 40.7 Å². The van der Waals surface area contributed by atoms with Gasteiger partial charge in [0, 0.05) is 31.1 Å². The summed E-state index contributed by atoms with van der Waals surface area (Å²) in [5, 5.41) is 7.38. The minimum atomic E-state index is -0.0809. The molecule has 1 aromatic heterocycles. The second-order valence-electron chi connectivity index (χ2n) is 7.50. The molecule has 0 saturated carbocycles. The maximum atomic E-state index is 12.6. The van der Waals surface area contributed by atoms with Crippen LogP contribution in [0, 0.1) is 0 Å². The maximum absolute atomic E-state index is 12.6. The van der Waals surface area contributed by atoms with Gasteiger partial charge in [0.25, 0.3) is 5.91 Å². The summed E-state index contributed by atoms with van der Waals surface area (Å²) < 4.78 is 1.80. The van der Waals surface area contributed by atoms with E-state index in [0.29, 0.717) is 18.7 Å². The van der Waals surface area contributed by atoms with E-state index in [1.54, 1.807) is 15.8 Å². The van der Waals surface area contributed by atoms with Gasteiger partial charge in [-0.3, -0.25) is 9.48 Å². The molecule has 0 unspecified atom stereocenters. The van der Waals surface area contributed by atoms with Crippen molar-refractivity contribution in [2.24, 2.45) is 0 Å². The number of rotatable bonds is 7. The molecule has 0 spiro atoms. The fourth-order valence-corrected chi connectivity index (χ4v) is 3.84. The standard InChI is InChI=1S/C23H26N4O/c28-23(22-15-25-27(18-22)16-19-8-2-1-3-9-19)24-14-20-10-4-5-11-21(20)17-26-12-6-7-13-26/h1-5,8-11,15,18H,6-7,12-14,16-17H2,(H,24,28)/p+1. The van der Waals surface area contributed by atoms with Gasteiger partial charge in [-0.05, 0) is 11.1 Å². The van der Waals surface area contributed by atoms with Gasteiger partial charge in [0.05, 0.1) is 31.4 Å². The first kappa shape index (κ1) is 18.4. The van der Waals surface area contributed by atoms with E-state index in [0.717, 1.165) is 12.1 Å². The number of likely N-dealkylation sites (tertiary alicyclic amines) is 1. The minimum Gasteiger partial charge on any atom is -0.348 e. The molecule has 4 rings (SSSR count). The Hall–Kier alpha value is -2.92. The number of carbonyl (C=O) groups excluding carboxylic acids is 1. The smallest absolute Gasteiger partial charge is 0.254 e. The average Bonchev–Trinajstić information content (AvgIpc) is 3.40. The molecule has 28 heavy (non-hydrogen) atoms. The fraction of sp³-hybridized carbons (Fsp3) is 0.304. The summed E-state index contributed by atoms with van der Waals surface area (Å²) in [4.78, 5) is 14.2. The van der Waals surface area contributed by atoms with Crippen LogP contribution in [0.15, 0.2) is 67.0 Å². The summed E-state index contributed by atoms with van der Waals surface area (Å²) in [7, 11) is 0. The molecule has 2 heterocycles. The van der Waals surface area contributed by atoms with Crippen molar-refractivity contribution in [2.75, 3.05) is 13.1 Å². The maximum Gasteiger partial charge on any atom is 0.254 e. The van der Waals surface area contributed by atoms with Gasteiger partial charge in [0.2, 0.25) is 0 Å². The predicted molar refractivity (Wildman–Crippen MR) is 109 cm³/mol. The van der Waals surface area contributed by atoms with E-state index in [1.165, 1.54) is 37.1 Å². The normalized spacial score (nSPS) is 14.3. The second-order valence-corrected chi connectivity index (χ2v) is 7.50. The Morgan fingerprint density at radius 3 is 2.50 bits per heavy atom. The van der Waals surface area contributed by atoms with Crippen molar-refractivity contribution < 1.29 is 9.69 Å². The molecule has 1 aliphatic rings. The van der Waals surface area contributed by atoms with Crippen molar-refractivity contribution in [3.05, 3.63) is 89.2 Å². The highest BCUT2D eigenvalue weighted by Crippen LogP contribution is 2.09. The Labute approximate surface area is 166 Å². The summed E-state index contributed by atoms with van der Waals surface area (Å²) in [5.41, 5.74) is 4.29. The molecule has 3 aromatic rings. The zero-order valence-electron chi connectivity index (χ0n) is 16.1. The first-order chi connectivity index (χ1) is 13.8. The summed E-state index contributed by atoms with van der Waals surface area (Å²) in [6, 6.07) is 18.6. The number of benzene rings is 2. The topological polar surface area (TPSA) is 51.4 Å². The lowest BCUT2D eigenvalue weighted by molar-refractivity contribution is -0.901. The summed E-state index contributed by atoms with van der Waals surface area (Å²) >= 11 is 0.